The first kappa shape index (κ1) is 17.4. The Morgan fingerprint density at radius 3 is 2.43 bits per heavy atom. The van der Waals surface area contributed by atoms with Gasteiger partial charge in [-0.25, -0.2) is 0 Å². The molecule has 0 saturated heterocycles. The highest BCUT2D eigenvalue weighted by Crippen LogP contribution is 2.36. The van der Waals surface area contributed by atoms with Crippen molar-refractivity contribution in [1.82, 2.24) is 0 Å². The first-order valence-electron chi connectivity index (χ1n) is 9.47. The molecule has 1 nitrogen and oxygen atoms in total. The summed E-state index contributed by atoms with van der Waals surface area (Å²) in [6.07, 6.45) is 17.0. The first-order chi connectivity index (χ1) is 10.2. The van der Waals surface area contributed by atoms with Crippen molar-refractivity contribution >= 4 is 16.7 Å². The number of hydrogen-bond donors (Lipinski definition) is 0. The zero-order valence-corrected chi connectivity index (χ0v) is 15.1. The van der Waals surface area contributed by atoms with Crippen molar-refractivity contribution in [2.75, 3.05) is 0 Å². The molecule has 21 heavy (non-hydrogen) atoms. The summed E-state index contributed by atoms with van der Waals surface area (Å²) >= 11 is 0. The van der Waals surface area contributed by atoms with Crippen molar-refractivity contribution < 1.29 is 4.79 Å². The number of rotatable bonds is 7. The number of carbonyl (C=O) groups is 1. The predicted octanol–water partition coefficient (Wildman–Crippen LogP) is 5.42. The number of unbranched alkanes of at least 4 members (excludes halogenated alkanes) is 2. The number of carbonyl (C=O) groups excluding carboxylic acids is 1. The van der Waals surface area contributed by atoms with E-state index >= 15 is 0 Å². The molecule has 0 aromatic rings. The van der Waals surface area contributed by atoms with Gasteiger partial charge in [-0.1, -0.05) is 26.2 Å². The van der Waals surface area contributed by atoms with Gasteiger partial charge in [-0.2, -0.15) is 0 Å². The van der Waals surface area contributed by atoms with E-state index in [-0.39, 0.29) is 0 Å². The van der Waals surface area contributed by atoms with E-state index in [4.69, 9.17) is 0 Å². The Bertz CT molecular complexity index is 309. The number of ketones is 1. The Morgan fingerprint density at radius 2 is 1.76 bits per heavy atom. The molecule has 2 rings (SSSR count). The maximum Gasteiger partial charge on any atom is 0.184 e. The number of hydrogen-bond acceptors (Lipinski definition) is 1. The number of Topliss-reactive ketones (excluding diaryl/α,β-unsaturated/α-hetero) is 1. The molecule has 2 aliphatic rings. The minimum absolute atomic E-state index is 0.375. The second-order valence-electron chi connectivity index (χ2n) is 7.18. The third-order valence-electron chi connectivity index (χ3n) is 5.44. The molecule has 0 aromatic heterocycles. The second kappa shape index (κ2) is 9.22. The molecule has 2 saturated carbocycles. The topological polar surface area (TPSA) is 17.1 Å². The molecule has 3 atom stereocenters. The van der Waals surface area contributed by atoms with Gasteiger partial charge in [0, 0.05) is 23.7 Å². The molecule has 0 aliphatic heterocycles. The molecular formula is C19H35OS+. The van der Waals surface area contributed by atoms with Crippen LogP contribution in [0, 0.1) is 0 Å². The van der Waals surface area contributed by atoms with Crippen LogP contribution in [0.15, 0.2) is 0 Å². The van der Waals surface area contributed by atoms with Crippen molar-refractivity contribution in [3.8, 4) is 0 Å². The summed E-state index contributed by atoms with van der Waals surface area (Å²) in [4.78, 5) is 12.5. The maximum atomic E-state index is 12.5. The standard InChI is InChI=1S/C19H35OS/c1-3-4-6-11-16(2)21(17-12-7-5-8-13-17)19-15-10-9-14-18(19)20/h16-17,19H,3-15H2,1-2H3/q+1. The smallest absolute Gasteiger partial charge is 0.184 e. The lowest BCUT2D eigenvalue weighted by Gasteiger charge is -2.33. The highest BCUT2D eigenvalue weighted by Gasteiger charge is 2.46. The molecule has 2 heteroatoms. The summed E-state index contributed by atoms with van der Waals surface area (Å²) in [5.74, 6) is 0.623. The summed E-state index contributed by atoms with van der Waals surface area (Å²) in [6.45, 7) is 4.76. The van der Waals surface area contributed by atoms with E-state index < -0.39 is 0 Å². The lowest BCUT2D eigenvalue weighted by Crippen LogP contribution is -2.45. The van der Waals surface area contributed by atoms with Crippen molar-refractivity contribution in [3.63, 3.8) is 0 Å². The molecule has 0 heterocycles. The molecule has 0 radical (unpaired) electrons. The molecule has 0 N–H and O–H groups in total. The molecular weight excluding hydrogens is 276 g/mol. The van der Waals surface area contributed by atoms with Crippen LogP contribution in [0.25, 0.3) is 0 Å². The fourth-order valence-electron chi connectivity index (χ4n) is 4.24. The summed E-state index contributed by atoms with van der Waals surface area (Å²) in [7, 11) is 0.375. The normalized spacial score (nSPS) is 27.5. The average Bonchev–Trinajstić information content (AvgIpc) is 2.51. The molecule has 0 bridgehead atoms. The van der Waals surface area contributed by atoms with Crippen LogP contribution in [-0.4, -0.2) is 21.5 Å². The van der Waals surface area contributed by atoms with E-state index in [1.165, 1.54) is 70.6 Å². The molecule has 122 valence electrons. The molecule has 0 aromatic carbocycles. The van der Waals surface area contributed by atoms with Crippen LogP contribution in [0.1, 0.15) is 97.3 Å². The van der Waals surface area contributed by atoms with Gasteiger partial charge >= 0.3 is 0 Å². The van der Waals surface area contributed by atoms with Gasteiger partial charge in [-0.05, 0) is 58.3 Å². The van der Waals surface area contributed by atoms with Crippen molar-refractivity contribution in [2.45, 2.75) is 113 Å². The minimum atomic E-state index is 0.375. The third kappa shape index (κ3) is 5.01. The van der Waals surface area contributed by atoms with Gasteiger partial charge in [0.05, 0.1) is 0 Å². The second-order valence-corrected chi connectivity index (χ2v) is 10.0. The largest absolute Gasteiger partial charge is 0.294 e. The van der Waals surface area contributed by atoms with E-state index in [0.29, 0.717) is 21.9 Å². The van der Waals surface area contributed by atoms with Crippen LogP contribution in [0.5, 0.6) is 0 Å². The zero-order valence-electron chi connectivity index (χ0n) is 14.2. The SMILES string of the molecule is CCCCCC(C)[S+](C1CCCCC1)C1CCCCC1=O. The van der Waals surface area contributed by atoms with Crippen LogP contribution >= 0.6 is 0 Å². The molecule has 3 unspecified atom stereocenters. The van der Waals surface area contributed by atoms with Crippen molar-refractivity contribution in [3.05, 3.63) is 0 Å². The van der Waals surface area contributed by atoms with Crippen LogP contribution in [0.4, 0.5) is 0 Å². The zero-order chi connectivity index (χ0) is 15.1. The van der Waals surface area contributed by atoms with Gasteiger partial charge in [0.2, 0.25) is 0 Å². The van der Waals surface area contributed by atoms with Gasteiger partial charge in [-0.15, -0.1) is 0 Å². The van der Waals surface area contributed by atoms with E-state index in [1.54, 1.807) is 0 Å². The summed E-state index contributed by atoms with van der Waals surface area (Å²) in [5.41, 5.74) is 0. The fourth-order valence-corrected chi connectivity index (χ4v) is 8.09. The van der Waals surface area contributed by atoms with Crippen LogP contribution in [-0.2, 0) is 15.7 Å². The molecule has 0 amide bonds. The summed E-state index contributed by atoms with van der Waals surface area (Å²) in [5, 5.41) is 2.10. The van der Waals surface area contributed by atoms with Gasteiger partial charge < -0.3 is 0 Å². The van der Waals surface area contributed by atoms with Gasteiger partial charge in [-0.3, -0.25) is 4.79 Å². The van der Waals surface area contributed by atoms with Crippen LogP contribution in [0.3, 0.4) is 0 Å². The van der Waals surface area contributed by atoms with E-state index in [1.807, 2.05) is 0 Å². The Balaban J connectivity index is 2.02. The predicted molar refractivity (Wildman–Crippen MR) is 95.1 cm³/mol. The Kier molecular flexibility index (Phi) is 7.63. The van der Waals surface area contributed by atoms with Crippen LogP contribution < -0.4 is 0 Å². The minimum Gasteiger partial charge on any atom is -0.294 e. The van der Waals surface area contributed by atoms with Gasteiger partial charge in [0.25, 0.3) is 0 Å². The Labute approximate surface area is 135 Å². The summed E-state index contributed by atoms with van der Waals surface area (Å²) < 4.78 is 0. The Hall–Kier alpha value is 0.0200. The van der Waals surface area contributed by atoms with Crippen molar-refractivity contribution in [1.29, 1.82) is 0 Å². The lowest BCUT2D eigenvalue weighted by atomic mass is 9.99. The fraction of sp³-hybridized carbons (Fsp3) is 0.947. The van der Waals surface area contributed by atoms with E-state index in [2.05, 4.69) is 13.8 Å². The lowest BCUT2D eigenvalue weighted by molar-refractivity contribution is -0.119. The monoisotopic (exact) mass is 311 g/mol. The van der Waals surface area contributed by atoms with Crippen molar-refractivity contribution in [2.24, 2.45) is 0 Å². The first-order valence-corrected chi connectivity index (χ1v) is 10.9. The highest BCUT2D eigenvalue weighted by atomic mass is 32.2. The third-order valence-corrected chi connectivity index (χ3v) is 9.00. The molecule has 2 fully saturated rings. The van der Waals surface area contributed by atoms with Gasteiger partial charge in [0.15, 0.2) is 11.0 Å². The van der Waals surface area contributed by atoms with Gasteiger partial charge in [0.1, 0.15) is 10.5 Å². The molecule has 0 spiro atoms. The quantitative estimate of drug-likeness (QED) is 0.453. The average molecular weight is 312 g/mol. The van der Waals surface area contributed by atoms with E-state index in [0.717, 1.165) is 23.3 Å². The maximum absolute atomic E-state index is 12.5. The highest BCUT2D eigenvalue weighted by molar-refractivity contribution is 7.99. The molecule has 2 aliphatic carbocycles. The summed E-state index contributed by atoms with van der Waals surface area (Å²) in [6, 6.07) is 0. The van der Waals surface area contributed by atoms with Crippen LogP contribution in [0.2, 0.25) is 0 Å². The van der Waals surface area contributed by atoms with E-state index in [9.17, 15) is 4.79 Å². The Morgan fingerprint density at radius 1 is 1.05 bits per heavy atom.